The van der Waals surface area contributed by atoms with Crippen LogP contribution in [0.25, 0.3) is 0 Å². The molecule has 3 aromatic rings. The van der Waals surface area contributed by atoms with Crippen LogP contribution in [0.2, 0.25) is 5.02 Å². The van der Waals surface area contributed by atoms with Gasteiger partial charge in [0, 0.05) is 17.5 Å². The summed E-state index contributed by atoms with van der Waals surface area (Å²) in [6.45, 7) is 1.15. The van der Waals surface area contributed by atoms with E-state index in [1.807, 2.05) is 24.3 Å². The predicted molar refractivity (Wildman–Crippen MR) is 121 cm³/mol. The van der Waals surface area contributed by atoms with Crippen LogP contribution < -0.4 is 25.7 Å². The summed E-state index contributed by atoms with van der Waals surface area (Å²) in [5.74, 6) is -1.09. The highest BCUT2D eigenvalue weighted by molar-refractivity contribution is 6.31. The van der Waals surface area contributed by atoms with Crippen molar-refractivity contribution < 1.29 is 14.3 Å². The summed E-state index contributed by atoms with van der Waals surface area (Å²) < 4.78 is 11.2. The van der Waals surface area contributed by atoms with Gasteiger partial charge in [-0.2, -0.15) is 10.2 Å². The van der Waals surface area contributed by atoms with Gasteiger partial charge < -0.3 is 20.1 Å². The summed E-state index contributed by atoms with van der Waals surface area (Å²) in [6.07, 6.45) is 0. The lowest BCUT2D eigenvalue weighted by Crippen LogP contribution is -2.38. The van der Waals surface area contributed by atoms with E-state index in [1.54, 1.807) is 24.3 Å². The Morgan fingerprint density at radius 3 is 2.73 bits per heavy atom. The third-order valence-electron chi connectivity index (χ3n) is 5.59. The number of carbonyl (C=O) groups is 1. The van der Waals surface area contributed by atoms with Crippen LogP contribution >= 0.6 is 11.6 Å². The first-order valence-corrected chi connectivity index (χ1v) is 10.6. The molecule has 2 unspecified atom stereocenters. The number of aromatic amines is 1. The summed E-state index contributed by atoms with van der Waals surface area (Å²) in [6, 6.07) is 14.5. The van der Waals surface area contributed by atoms with E-state index >= 15 is 0 Å². The van der Waals surface area contributed by atoms with Crippen molar-refractivity contribution in [3.05, 3.63) is 74.5 Å². The molecular weight excluding hydrogens is 446 g/mol. The minimum Gasteiger partial charge on any atom is -0.486 e. The van der Waals surface area contributed by atoms with Crippen LogP contribution in [0.4, 0.5) is 11.8 Å². The van der Waals surface area contributed by atoms with Gasteiger partial charge in [0.25, 0.3) is 5.56 Å². The quantitative estimate of drug-likeness (QED) is 0.542. The summed E-state index contributed by atoms with van der Waals surface area (Å²) in [4.78, 5) is 33.0. The van der Waals surface area contributed by atoms with Gasteiger partial charge in [-0.1, -0.05) is 35.9 Å². The lowest BCUT2D eigenvalue weighted by atomic mass is 9.79. The van der Waals surface area contributed by atoms with Crippen molar-refractivity contribution in [2.75, 3.05) is 23.8 Å². The second-order valence-corrected chi connectivity index (χ2v) is 8.01. The van der Waals surface area contributed by atoms with Crippen LogP contribution in [0, 0.1) is 17.2 Å². The summed E-state index contributed by atoms with van der Waals surface area (Å²) in [5, 5.41) is 15.9. The van der Waals surface area contributed by atoms with E-state index in [1.165, 1.54) is 0 Å². The molecule has 1 amide bonds. The number of anilines is 2. The number of aromatic nitrogens is 2. The molecule has 2 atom stereocenters. The van der Waals surface area contributed by atoms with Crippen molar-refractivity contribution in [2.45, 2.75) is 12.5 Å². The van der Waals surface area contributed by atoms with E-state index in [0.29, 0.717) is 41.8 Å². The molecule has 0 saturated heterocycles. The molecule has 33 heavy (non-hydrogen) atoms. The number of nitriles is 1. The van der Waals surface area contributed by atoms with Crippen molar-refractivity contribution in [1.82, 2.24) is 9.97 Å². The summed E-state index contributed by atoms with van der Waals surface area (Å²) in [5.41, 5.74) is 1.16. The molecule has 0 spiro atoms. The van der Waals surface area contributed by atoms with Gasteiger partial charge in [-0.15, -0.1) is 0 Å². The molecule has 2 aliphatic rings. The van der Waals surface area contributed by atoms with Gasteiger partial charge in [-0.25, -0.2) is 0 Å². The van der Waals surface area contributed by atoms with Gasteiger partial charge in [0.1, 0.15) is 24.9 Å². The number of fused-ring (bicyclic) bond motifs is 2. The Balaban J connectivity index is 1.53. The Morgan fingerprint density at radius 1 is 1.15 bits per heavy atom. The van der Waals surface area contributed by atoms with Crippen LogP contribution in [-0.4, -0.2) is 29.1 Å². The Kier molecular flexibility index (Phi) is 5.36. The molecule has 3 heterocycles. The zero-order valence-electron chi connectivity index (χ0n) is 17.2. The lowest BCUT2D eigenvalue weighted by molar-refractivity contribution is -0.119. The highest BCUT2D eigenvalue weighted by Crippen LogP contribution is 2.41. The molecule has 0 fully saturated rings. The molecule has 0 saturated carbocycles. The predicted octanol–water partition coefficient (Wildman–Crippen LogP) is 3.03. The van der Waals surface area contributed by atoms with E-state index < -0.39 is 23.3 Å². The van der Waals surface area contributed by atoms with Crippen molar-refractivity contribution in [3.63, 3.8) is 0 Å². The molecule has 10 heteroatoms. The van der Waals surface area contributed by atoms with Crippen LogP contribution in [0.5, 0.6) is 11.5 Å². The minimum absolute atomic E-state index is 0.108. The van der Waals surface area contributed by atoms with Crippen molar-refractivity contribution in [1.29, 1.82) is 5.26 Å². The SMILES string of the molecule is N#CC1C(=O)Nc2nc(NCc3ccccc3Cl)[nH]c(=O)c2C1c1ccc2c(c1)OCCO2. The normalized spacial score (nSPS) is 18.6. The van der Waals surface area contributed by atoms with E-state index in [2.05, 4.69) is 20.6 Å². The number of carbonyl (C=O) groups excluding carboxylic acids is 1. The van der Waals surface area contributed by atoms with E-state index in [-0.39, 0.29) is 17.3 Å². The van der Waals surface area contributed by atoms with Crippen LogP contribution in [0.15, 0.2) is 47.3 Å². The Labute approximate surface area is 193 Å². The smallest absolute Gasteiger partial charge is 0.258 e. The number of halogens is 1. The maximum atomic E-state index is 13.1. The molecule has 0 aliphatic carbocycles. The molecule has 9 nitrogen and oxygen atoms in total. The topological polar surface area (TPSA) is 129 Å². The largest absolute Gasteiger partial charge is 0.486 e. The van der Waals surface area contributed by atoms with E-state index in [4.69, 9.17) is 21.1 Å². The number of hydrogen-bond acceptors (Lipinski definition) is 7. The fourth-order valence-corrected chi connectivity index (χ4v) is 4.23. The molecule has 3 N–H and O–H groups in total. The Bertz CT molecular complexity index is 1350. The van der Waals surface area contributed by atoms with Crippen LogP contribution in [-0.2, 0) is 11.3 Å². The summed E-state index contributed by atoms with van der Waals surface area (Å²) >= 11 is 6.19. The van der Waals surface area contributed by atoms with E-state index in [9.17, 15) is 14.9 Å². The average molecular weight is 464 g/mol. The van der Waals surface area contributed by atoms with Gasteiger partial charge in [-0.05, 0) is 29.3 Å². The molecule has 2 aliphatic heterocycles. The number of ether oxygens (including phenoxy) is 2. The second-order valence-electron chi connectivity index (χ2n) is 7.60. The highest BCUT2D eigenvalue weighted by atomic mass is 35.5. The van der Waals surface area contributed by atoms with Gasteiger partial charge >= 0.3 is 0 Å². The molecule has 1 aromatic heterocycles. The first kappa shape index (κ1) is 20.8. The van der Waals surface area contributed by atoms with Gasteiger partial charge in [0.05, 0.1) is 11.6 Å². The fraction of sp³-hybridized carbons (Fsp3) is 0.217. The maximum Gasteiger partial charge on any atom is 0.258 e. The fourth-order valence-electron chi connectivity index (χ4n) is 4.03. The molecule has 5 rings (SSSR count). The van der Waals surface area contributed by atoms with Gasteiger partial charge in [-0.3, -0.25) is 14.6 Å². The standard InChI is InChI=1S/C23H18ClN5O4/c24-15-4-2-1-3-13(15)11-26-23-28-20-19(22(31)29-23)18(14(10-25)21(30)27-20)12-5-6-16-17(9-12)33-8-7-32-16/h1-6,9,14,18H,7-8,11H2,(H3,26,27,28,29,30,31). The number of nitrogens with zero attached hydrogens (tertiary/aromatic N) is 2. The van der Waals surface area contributed by atoms with Crippen molar-refractivity contribution in [3.8, 4) is 17.6 Å². The zero-order chi connectivity index (χ0) is 22.9. The Hall–Kier alpha value is -4.03. The molecule has 2 aromatic carbocycles. The monoisotopic (exact) mass is 463 g/mol. The molecule has 0 radical (unpaired) electrons. The number of amides is 1. The number of benzene rings is 2. The zero-order valence-corrected chi connectivity index (χ0v) is 18.0. The first-order chi connectivity index (χ1) is 16.0. The van der Waals surface area contributed by atoms with Gasteiger partial charge in [0.2, 0.25) is 11.9 Å². The molecule has 166 valence electrons. The van der Waals surface area contributed by atoms with Crippen molar-refractivity contribution >= 4 is 29.3 Å². The van der Waals surface area contributed by atoms with E-state index in [0.717, 1.165) is 5.56 Å². The van der Waals surface area contributed by atoms with Crippen LogP contribution in [0.3, 0.4) is 0 Å². The molecular formula is C23H18ClN5O4. The third-order valence-corrected chi connectivity index (χ3v) is 5.96. The summed E-state index contributed by atoms with van der Waals surface area (Å²) in [7, 11) is 0. The number of H-pyrrole nitrogens is 1. The van der Waals surface area contributed by atoms with Crippen LogP contribution in [0.1, 0.15) is 22.6 Å². The Morgan fingerprint density at radius 2 is 1.94 bits per heavy atom. The lowest BCUT2D eigenvalue weighted by Gasteiger charge is -2.29. The number of rotatable bonds is 4. The second kappa shape index (κ2) is 8.48. The first-order valence-electron chi connectivity index (χ1n) is 10.3. The number of nitrogens with one attached hydrogen (secondary N) is 3. The highest BCUT2D eigenvalue weighted by Gasteiger charge is 2.40. The average Bonchev–Trinajstić information content (AvgIpc) is 2.82. The minimum atomic E-state index is -1.11. The maximum absolute atomic E-state index is 13.1. The third kappa shape index (κ3) is 3.85. The molecule has 0 bridgehead atoms. The number of hydrogen-bond donors (Lipinski definition) is 3. The van der Waals surface area contributed by atoms with Gasteiger partial charge in [0.15, 0.2) is 11.5 Å². The van der Waals surface area contributed by atoms with Crippen molar-refractivity contribution in [2.24, 2.45) is 5.92 Å².